The molecule has 0 aromatic heterocycles. The Hall–Kier alpha value is -0.0900. The minimum atomic E-state index is -4.43. The molecule has 0 aliphatic carbocycles. The van der Waals surface area contributed by atoms with Crippen molar-refractivity contribution in [3.8, 4) is 0 Å². The number of hydrogen-bond acceptors (Lipinski definition) is 2. The summed E-state index contributed by atoms with van der Waals surface area (Å²) in [4.78, 5) is 16.9. The Morgan fingerprint density at radius 2 is 1.93 bits per heavy atom. The third kappa shape index (κ3) is 3.96. The molecule has 0 unspecified atom stereocenters. The Labute approximate surface area is 90.7 Å². The van der Waals surface area contributed by atoms with Gasteiger partial charge in [0.1, 0.15) is 0 Å². The maximum absolute atomic E-state index is 10.4. The first-order valence-electron chi connectivity index (χ1n) is 3.52. The second kappa shape index (κ2) is 4.62. The molecule has 0 bridgehead atoms. The van der Waals surface area contributed by atoms with E-state index in [2.05, 4.69) is 4.52 Å². The molecule has 0 atom stereocenters. The molecular formula is C7H7Cl2O4P. The minimum Gasteiger partial charge on any atom is -0.303 e. The van der Waals surface area contributed by atoms with Gasteiger partial charge in [-0.1, -0.05) is 29.3 Å². The molecular weight excluding hydrogens is 250 g/mol. The molecule has 0 fully saturated rings. The van der Waals surface area contributed by atoms with Crippen LogP contribution >= 0.6 is 31.0 Å². The Morgan fingerprint density at radius 3 is 2.43 bits per heavy atom. The van der Waals surface area contributed by atoms with E-state index in [1.807, 2.05) is 0 Å². The lowest BCUT2D eigenvalue weighted by molar-refractivity contribution is 0.189. The second-order valence-corrected chi connectivity index (χ2v) is 4.57. The van der Waals surface area contributed by atoms with Gasteiger partial charge in [0.25, 0.3) is 0 Å². The topological polar surface area (TPSA) is 66.8 Å². The predicted octanol–water partition coefficient (Wildman–Crippen LogP) is 2.60. The van der Waals surface area contributed by atoms with Gasteiger partial charge in [0.15, 0.2) is 0 Å². The number of halogens is 2. The van der Waals surface area contributed by atoms with E-state index in [4.69, 9.17) is 33.0 Å². The number of hydrogen-bond donors (Lipinski definition) is 2. The van der Waals surface area contributed by atoms with E-state index in [0.717, 1.165) is 0 Å². The van der Waals surface area contributed by atoms with Crippen LogP contribution in [0.25, 0.3) is 0 Å². The SMILES string of the molecule is O=P(O)(O)OCc1ccc(Cl)c(Cl)c1. The summed E-state index contributed by atoms with van der Waals surface area (Å²) in [7, 11) is -4.43. The molecule has 14 heavy (non-hydrogen) atoms. The van der Waals surface area contributed by atoms with Gasteiger partial charge in [0.2, 0.25) is 0 Å². The third-order valence-corrected chi connectivity index (χ3v) is 2.59. The first-order valence-corrected chi connectivity index (χ1v) is 5.81. The van der Waals surface area contributed by atoms with Crippen LogP contribution in [0.1, 0.15) is 5.56 Å². The van der Waals surface area contributed by atoms with Gasteiger partial charge < -0.3 is 9.79 Å². The van der Waals surface area contributed by atoms with E-state index < -0.39 is 7.82 Å². The van der Waals surface area contributed by atoms with E-state index >= 15 is 0 Å². The summed E-state index contributed by atoms with van der Waals surface area (Å²) in [5, 5.41) is 0.699. The lowest BCUT2D eigenvalue weighted by Gasteiger charge is -2.05. The van der Waals surface area contributed by atoms with E-state index in [-0.39, 0.29) is 6.61 Å². The quantitative estimate of drug-likeness (QED) is 0.816. The molecule has 0 aliphatic rings. The molecule has 0 spiro atoms. The summed E-state index contributed by atoms with van der Waals surface area (Å²) >= 11 is 11.3. The van der Waals surface area contributed by atoms with Crippen LogP contribution in [-0.2, 0) is 15.7 Å². The van der Waals surface area contributed by atoms with Crippen LogP contribution in [0.5, 0.6) is 0 Å². The standard InChI is InChI=1S/C7H7Cl2O4P/c8-6-2-1-5(3-7(6)9)4-13-14(10,11)12/h1-3H,4H2,(H2,10,11,12). The van der Waals surface area contributed by atoms with Crippen molar-refractivity contribution >= 4 is 31.0 Å². The van der Waals surface area contributed by atoms with Crippen molar-refractivity contribution in [3.63, 3.8) is 0 Å². The van der Waals surface area contributed by atoms with E-state index in [1.165, 1.54) is 12.1 Å². The lowest BCUT2D eigenvalue weighted by Crippen LogP contribution is -1.90. The van der Waals surface area contributed by atoms with Gasteiger partial charge in [-0.25, -0.2) is 4.57 Å². The molecule has 2 N–H and O–H groups in total. The zero-order valence-corrected chi connectivity index (χ0v) is 9.26. The Kier molecular flexibility index (Phi) is 3.95. The van der Waals surface area contributed by atoms with Crippen LogP contribution in [0.15, 0.2) is 18.2 Å². The van der Waals surface area contributed by atoms with Crippen molar-refractivity contribution in [1.82, 2.24) is 0 Å². The highest BCUT2D eigenvalue weighted by Crippen LogP contribution is 2.37. The van der Waals surface area contributed by atoms with Crippen molar-refractivity contribution in [2.45, 2.75) is 6.61 Å². The largest absolute Gasteiger partial charge is 0.469 e. The summed E-state index contributed by atoms with van der Waals surface area (Å²) in [5.74, 6) is 0. The minimum absolute atomic E-state index is 0.207. The van der Waals surface area contributed by atoms with Gasteiger partial charge in [-0.15, -0.1) is 0 Å². The molecule has 0 saturated carbocycles. The van der Waals surface area contributed by atoms with E-state index in [1.54, 1.807) is 6.07 Å². The number of phosphoric acid groups is 1. The van der Waals surface area contributed by atoms with Crippen LogP contribution in [0.4, 0.5) is 0 Å². The Balaban J connectivity index is 2.69. The van der Waals surface area contributed by atoms with Gasteiger partial charge in [-0.2, -0.15) is 0 Å². The van der Waals surface area contributed by atoms with Crippen molar-refractivity contribution < 1.29 is 18.9 Å². The van der Waals surface area contributed by atoms with Gasteiger partial charge in [-0.05, 0) is 17.7 Å². The van der Waals surface area contributed by atoms with Gasteiger partial charge in [-0.3, -0.25) is 4.52 Å². The predicted molar refractivity (Wildman–Crippen MR) is 53.3 cm³/mol. The molecule has 0 aliphatic heterocycles. The summed E-state index contributed by atoms with van der Waals surface area (Å²) in [6.07, 6.45) is 0. The van der Waals surface area contributed by atoms with Crippen molar-refractivity contribution in [2.75, 3.05) is 0 Å². The number of benzene rings is 1. The van der Waals surface area contributed by atoms with Crippen LogP contribution in [0.3, 0.4) is 0 Å². The summed E-state index contributed by atoms with van der Waals surface area (Å²) < 4.78 is 14.6. The highest BCUT2D eigenvalue weighted by molar-refractivity contribution is 7.46. The smallest absolute Gasteiger partial charge is 0.303 e. The van der Waals surface area contributed by atoms with Crippen LogP contribution in [-0.4, -0.2) is 9.79 Å². The lowest BCUT2D eigenvalue weighted by atomic mass is 10.2. The fourth-order valence-corrected chi connectivity index (χ4v) is 1.43. The normalized spacial score (nSPS) is 11.7. The van der Waals surface area contributed by atoms with E-state index in [0.29, 0.717) is 15.6 Å². The molecule has 4 nitrogen and oxygen atoms in total. The highest BCUT2D eigenvalue weighted by atomic mass is 35.5. The summed E-state index contributed by atoms with van der Waals surface area (Å²) in [6, 6.07) is 4.59. The number of rotatable bonds is 3. The van der Waals surface area contributed by atoms with Crippen molar-refractivity contribution in [3.05, 3.63) is 33.8 Å². The molecule has 1 aromatic rings. The molecule has 0 amide bonds. The fraction of sp³-hybridized carbons (Fsp3) is 0.143. The Morgan fingerprint density at radius 1 is 1.29 bits per heavy atom. The highest BCUT2D eigenvalue weighted by Gasteiger charge is 2.13. The molecule has 0 radical (unpaired) electrons. The monoisotopic (exact) mass is 256 g/mol. The average Bonchev–Trinajstić information content (AvgIpc) is 2.06. The molecule has 0 heterocycles. The summed E-state index contributed by atoms with van der Waals surface area (Å²) in [5.41, 5.74) is 0.544. The summed E-state index contributed by atoms with van der Waals surface area (Å²) in [6.45, 7) is -0.207. The van der Waals surface area contributed by atoms with Gasteiger partial charge >= 0.3 is 7.82 Å². The first-order chi connectivity index (χ1) is 6.38. The first kappa shape index (κ1) is 12.0. The molecule has 1 aromatic carbocycles. The van der Waals surface area contributed by atoms with Crippen molar-refractivity contribution in [1.29, 1.82) is 0 Å². The molecule has 1 rings (SSSR count). The zero-order valence-electron chi connectivity index (χ0n) is 6.85. The molecule has 78 valence electrons. The van der Waals surface area contributed by atoms with Crippen LogP contribution < -0.4 is 0 Å². The zero-order chi connectivity index (χ0) is 10.8. The van der Waals surface area contributed by atoms with Crippen LogP contribution in [0.2, 0.25) is 10.0 Å². The average molecular weight is 257 g/mol. The van der Waals surface area contributed by atoms with Crippen molar-refractivity contribution in [2.24, 2.45) is 0 Å². The van der Waals surface area contributed by atoms with E-state index in [9.17, 15) is 4.57 Å². The third-order valence-electron chi connectivity index (χ3n) is 1.38. The van der Waals surface area contributed by atoms with Crippen LogP contribution in [0, 0.1) is 0 Å². The molecule has 7 heteroatoms. The van der Waals surface area contributed by atoms with Gasteiger partial charge in [0, 0.05) is 0 Å². The second-order valence-electron chi connectivity index (χ2n) is 2.51. The molecule has 0 saturated heterocycles. The Bertz CT molecular complexity index is 376. The van der Waals surface area contributed by atoms with Gasteiger partial charge in [0.05, 0.1) is 16.7 Å². The fourth-order valence-electron chi connectivity index (χ4n) is 0.788. The maximum Gasteiger partial charge on any atom is 0.469 e. The maximum atomic E-state index is 10.4. The number of phosphoric ester groups is 1.